The van der Waals surface area contributed by atoms with Crippen LogP contribution in [0.3, 0.4) is 0 Å². The van der Waals surface area contributed by atoms with Gasteiger partial charge in [0.2, 0.25) is 5.91 Å². The van der Waals surface area contributed by atoms with Gasteiger partial charge in [0.1, 0.15) is 17.7 Å². The maximum atomic E-state index is 12.9. The summed E-state index contributed by atoms with van der Waals surface area (Å²) in [4.78, 5) is 19.1. The Morgan fingerprint density at radius 1 is 1.25 bits per heavy atom. The van der Waals surface area contributed by atoms with Crippen molar-refractivity contribution in [3.63, 3.8) is 0 Å². The minimum atomic E-state index is -0.263. The molecule has 0 spiro atoms. The smallest absolute Gasteiger partial charge is 0.232 e. The van der Waals surface area contributed by atoms with E-state index in [0.717, 1.165) is 23.5 Å². The third-order valence-electron chi connectivity index (χ3n) is 3.91. The van der Waals surface area contributed by atoms with Crippen LogP contribution in [-0.4, -0.2) is 40.7 Å². The molecule has 0 unspecified atom stereocenters. The number of amides is 1. The van der Waals surface area contributed by atoms with Crippen molar-refractivity contribution in [2.45, 2.75) is 23.8 Å². The second-order valence-electron chi connectivity index (χ2n) is 5.63. The lowest BCUT2D eigenvalue weighted by Gasteiger charge is -2.32. The van der Waals surface area contributed by atoms with E-state index < -0.39 is 0 Å². The Hall–Kier alpha value is -2.08. The predicted molar refractivity (Wildman–Crippen MR) is 91.6 cm³/mol. The van der Waals surface area contributed by atoms with Crippen molar-refractivity contribution in [2.75, 3.05) is 18.8 Å². The molecule has 0 aliphatic carbocycles. The van der Waals surface area contributed by atoms with E-state index in [1.807, 2.05) is 17.0 Å². The molecule has 1 saturated heterocycles. The fourth-order valence-corrected chi connectivity index (χ4v) is 3.40. The van der Waals surface area contributed by atoms with Crippen molar-refractivity contribution in [2.24, 2.45) is 0 Å². The number of likely N-dealkylation sites (tertiary alicyclic amines) is 1. The van der Waals surface area contributed by atoms with Gasteiger partial charge >= 0.3 is 0 Å². The number of hydrogen-bond donors (Lipinski definition) is 0. The number of halogens is 1. The van der Waals surface area contributed by atoms with Crippen molar-refractivity contribution < 1.29 is 13.9 Å². The average molecular weight is 346 g/mol. The molecule has 24 heavy (non-hydrogen) atoms. The molecule has 126 valence electrons. The van der Waals surface area contributed by atoms with E-state index in [-0.39, 0.29) is 17.8 Å². The Morgan fingerprint density at radius 2 is 2.00 bits per heavy atom. The number of pyridine rings is 1. The zero-order valence-electron chi connectivity index (χ0n) is 13.2. The monoisotopic (exact) mass is 346 g/mol. The Bertz CT molecular complexity index is 658. The minimum absolute atomic E-state index is 0.115. The molecule has 0 saturated carbocycles. The van der Waals surface area contributed by atoms with Crippen LogP contribution in [0.2, 0.25) is 0 Å². The molecule has 2 heterocycles. The fourth-order valence-electron chi connectivity index (χ4n) is 2.60. The first-order valence-electron chi connectivity index (χ1n) is 7.93. The molecule has 0 atom stereocenters. The van der Waals surface area contributed by atoms with Crippen molar-refractivity contribution in [3.8, 4) is 5.75 Å². The van der Waals surface area contributed by atoms with Gasteiger partial charge in [0.25, 0.3) is 0 Å². The standard InChI is InChI=1S/C18H19FN2O2S/c19-14-3-5-17(6-4-14)24-13-18(22)21-10-7-15(8-11-21)23-16-2-1-9-20-12-16/h1-6,9,12,15H,7-8,10-11,13H2. The second-order valence-corrected chi connectivity index (χ2v) is 6.68. The number of aromatic nitrogens is 1. The van der Waals surface area contributed by atoms with Crippen molar-refractivity contribution >= 4 is 17.7 Å². The largest absolute Gasteiger partial charge is 0.489 e. The summed E-state index contributed by atoms with van der Waals surface area (Å²) in [6, 6.07) is 9.95. The number of hydrogen-bond acceptors (Lipinski definition) is 4. The van der Waals surface area contributed by atoms with Gasteiger partial charge in [-0.1, -0.05) is 0 Å². The van der Waals surface area contributed by atoms with Gasteiger partial charge in [-0.2, -0.15) is 0 Å². The summed E-state index contributed by atoms with van der Waals surface area (Å²) in [6.07, 6.45) is 5.19. The maximum absolute atomic E-state index is 12.9. The van der Waals surface area contributed by atoms with Crippen LogP contribution in [0, 0.1) is 5.82 Å². The number of nitrogens with zero attached hydrogens (tertiary/aromatic N) is 2. The third kappa shape index (κ3) is 4.71. The summed E-state index contributed by atoms with van der Waals surface area (Å²) in [7, 11) is 0. The van der Waals surface area contributed by atoms with E-state index >= 15 is 0 Å². The predicted octanol–water partition coefficient (Wildman–Crippen LogP) is 3.38. The molecule has 1 aromatic carbocycles. The molecular formula is C18H19FN2O2S. The molecule has 0 N–H and O–H groups in total. The van der Waals surface area contributed by atoms with Gasteiger partial charge in [-0.15, -0.1) is 11.8 Å². The van der Waals surface area contributed by atoms with Gasteiger partial charge in [0, 0.05) is 37.0 Å². The lowest BCUT2D eigenvalue weighted by atomic mass is 10.1. The zero-order chi connectivity index (χ0) is 16.8. The van der Waals surface area contributed by atoms with Crippen LogP contribution in [0.15, 0.2) is 53.7 Å². The molecule has 1 aromatic heterocycles. The number of carbonyl (C=O) groups is 1. The molecular weight excluding hydrogens is 327 g/mol. The van der Waals surface area contributed by atoms with Gasteiger partial charge in [0.05, 0.1) is 11.9 Å². The van der Waals surface area contributed by atoms with E-state index in [9.17, 15) is 9.18 Å². The Balaban J connectivity index is 1.42. The summed E-state index contributed by atoms with van der Waals surface area (Å²) in [5.41, 5.74) is 0. The quantitative estimate of drug-likeness (QED) is 0.779. The first-order valence-corrected chi connectivity index (χ1v) is 8.92. The SMILES string of the molecule is O=C(CSc1ccc(F)cc1)N1CCC(Oc2cccnc2)CC1. The number of ether oxygens (including phenoxy) is 1. The van der Waals surface area contributed by atoms with Gasteiger partial charge in [-0.3, -0.25) is 9.78 Å². The van der Waals surface area contributed by atoms with Gasteiger partial charge < -0.3 is 9.64 Å². The zero-order valence-corrected chi connectivity index (χ0v) is 14.0. The lowest BCUT2D eigenvalue weighted by molar-refractivity contribution is -0.130. The molecule has 1 aliphatic heterocycles. The van der Waals surface area contributed by atoms with Crippen LogP contribution in [0.5, 0.6) is 5.75 Å². The first kappa shape index (κ1) is 16.8. The summed E-state index contributed by atoms with van der Waals surface area (Å²) in [5.74, 6) is 0.999. The molecule has 3 rings (SSSR count). The molecule has 1 aliphatic rings. The second kappa shape index (κ2) is 8.15. The van der Waals surface area contributed by atoms with Crippen LogP contribution in [0.4, 0.5) is 4.39 Å². The molecule has 6 heteroatoms. The highest BCUT2D eigenvalue weighted by atomic mass is 32.2. The summed E-state index contributed by atoms with van der Waals surface area (Å²) in [5, 5.41) is 0. The summed E-state index contributed by atoms with van der Waals surface area (Å²) < 4.78 is 18.8. The van der Waals surface area contributed by atoms with Gasteiger partial charge in [-0.05, 0) is 36.4 Å². The molecule has 0 bridgehead atoms. The van der Waals surface area contributed by atoms with Crippen LogP contribution >= 0.6 is 11.8 Å². The summed E-state index contributed by atoms with van der Waals surface area (Å²) in [6.45, 7) is 1.40. The van der Waals surface area contributed by atoms with Crippen LogP contribution in [0.25, 0.3) is 0 Å². The van der Waals surface area contributed by atoms with Crippen LogP contribution < -0.4 is 4.74 Å². The molecule has 1 fully saturated rings. The topological polar surface area (TPSA) is 42.4 Å². The highest BCUT2D eigenvalue weighted by Gasteiger charge is 2.23. The number of piperidine rings is 1. The van der Waals surface area contributed by atoms with Crippen molar-refractivity contribution in [3.05, 3.63) is 54.6 Å². The fraction of sp³-hybridized carbons (Fsp3) is 0.333. The number of rotatable bonds is 5. The first-order chi connectivity index (χ1) is 11.7. The van der Waals surface area contributed by atoms with Crippen molar-refractivity contribution in [1.29, 1.82) is 0 Å². The number of benzene rings is 1. The van der Waals surface area contributed by atoms with E-state index in [1.165, 1.54) is 23.9 Å². The number of thioether (sulfide) groups is 1. The van der Waals surface area contributed by atoms with Crippen molar-refractivity contribution in [1.82, 2.24) is 9.88 Å². The molecule has 4 nitrogen and oxygen atoms in total. The lowest BCUT2D eigenvalue weighted by Crippen LogP contribution is -2.42. The van der Waals surface area contributed by atoms with E-state index in [2.05, 4.69) is 4.98 Å². The minimum Gasteiger partial charge on any atom is -0.489 e. The van der Waals surface area contributed by atoms with E-state index in [4.69, 9.17) is 4.74 Å². The number of carbonyl (C=O) groups excluding carboxylic acids is 1. The summed E-state index contributed by atoms with van der Waals surface area (Å²) >= 11 is 1.44. The Morgan fingerprint density at radius 3 is 2.67 bits per heavy atom. The highest BCUT2D eigenvalue weighted by molar-refractivity contribution is 8.00. The maximum Gasteiger partial charge on any atom is 0.232 e. The third-order valence-corrected chi connectivity index (χ3v) is 4.90. The Labute approximate surface area is 145 Å². The normalized spacial score (nSPS) is 15.3. The van der Waals surface area contributed by atoms with E-state index in [0.29, 0.717) is 18.8 Å². The van der Waals surface area contributed by atoms with E-state index in [1.54, 1.807) is 24.5 Å². The average Bonchev–Trinajstić information content (AvgIpc) is 2.62. The molecule has 2 aromatic rings. The highest BCUT2D eigenvalue weighted by Crippen LogP contribution is 2.21. The molecule has 0 radical (unpaired) electrons. The van der Waals surface area contributed by atoms with Gasteiger partial charge in [0.15, 0.2) is 0 Å². The van der Waals surface area contributed by atoms with Crippen LogP contribution in [0.1, 0.15) is 12.8 Å². The Kier molecular flexibility index (Phi) is 5.69. The molecule has 1 amide bonds. The van der Waals surface area contributed by atoms with Crippen LogP contribution in [-0.2, 0) is 4.79 Å². The van der Waals surface area contributed by atoms with Gasteiger partial charge in [-0.25, -0.2) is 4.39 Å².